The summed E-state index contributed by atoms with van der Waals surface area (Å²) in [4.78, 5) is 27.3. The van der Waals surface area contributed by atoms with E-state index in [1.54, 1.807) is 44.2 Å². The van der Waals surface area contributed by atoms with E-state index in [0.29, 0.717) is 29.0 Å². The van der Waals surface area contributed by atoms with Crippen LogP contribution in [0.25, 0.3) is 5.76 Å². The van der Waals surface area contributed by atoms with E-state index in [1.807, 2.05) is 0 Å². The summed E-state index contributed by atoms with van der Waals surface area (Å²) in [5.41, 5.74) is 1.59. The van der Waals surface area contributed by atoms with Crippen LogP contribution in [-0.4, -0.2) is 60.8 Å². The Morgan fingerprint density at radius 3 is 2.50 bits per heavy atom. The molecular weight excluding hydrogens is 414 g/mol. The minimum Gasteiger partial charge on any atom is -0.507 e. The maximum atomic E-state index is 13.0. The van der Waals surface area contributed by atoms with Crippen molar-refractivity contribution in [1.82, 2.24) is 4.90 Å². The fraction of sp³-hybridized carbons (Fsp3) is 0.333. The summed E-state index contributed by atoms with van der Waals surface area (Å²) in [5, 5.41) is 21.3. The number of aryl methyl sites for hydroxylation is 1. The van der Waals surface area contributed by atoms with E-state index in [4.69, 9.17) is 14.2 Å². The molecule has 1 amide bonds. The first-order chi connectivity index (χ1) is 15.3. The molecule has 2 N–H and O–H groups in total. The summed E-state index contributed by atoms with van der Waals surface area (Å²) in [5.74, 6) is -1.02. The zero-order chi connectivity index (χ0) is 23.4. The van der Waals surface area contributed by atoms with Crippen molar-refractivity contribution in [2.45, 2.75) is 19.9 Å². The molecule has 1 heterocycles. The second kappa shape index (κ2) is 9.74. The number of carbonyl (C=O) groups excluding carboxylic acids is 2. The maximum absolute atomic E-state index is 13.0. The lowest BCUT2D eigenvalue weighted by atomic mass is 9.93. The molecule has 1 fully saturated rings. The summed E-state index contributed by atoms with van der Waals surface area (Å²) in [7, 11) is 3.04. The molecule has 1 aliphatic heterocycles. The van der Waals surface area contributed by atoms with Crippen molar-refractivity contribution in [3.63, 3.8) is 0 Å². The number of aliphatic hydroxyl groups excluding tert-OH is 1. The van der Waals surface area contributed by atoms with Gasteiger partial charge in [0.15, 0.2) is 11.5 Å². The van der Waals surface area contributed by atoms with E-state index in [9.17, 15) is 19.8 Å². The van der Waals surface area contributed by atoms with E-state index in [2.05, 4.69) is 0 Å². The van der Waals surface area contributed by atoms with Crippen molar-refractivity contribution in [2.75, 3.05) is 34.0 Å². The molecular formula is C24H27NO7. The fourth-order valence-electron chi connectivity index (χ4n) is 3.79. The number of likely N-dealkylation sites (tertiary alicyclic amines) is 1. The summed E-state index contributed by atoms with van der Waals surface area (Å²) >= 11 is 0. The average Bonchev–Trinajstić information content (AvgIpc) is 3.03. The standard InChI is InChI=1S/C24H27NO7/c1-5-32-19-13-15(6-9-18(19)26)21-20(23(28)24(29)25(21)10-11-30-3)22(27)17-8-7-16(31-4)12-14(17)2/h6-9,12-13,21,26-27H,5,10-11H2,1-4H3/t21-/m1/s1. The molecule has 3 rings (SSSR count). The van der Waals surface area contributed by atoms with Gasteiger partial charge in [0.05, 0.1) is 31.9 Å². The van der Waals surface area contributed by atoms with Crippen molar-refractivity contribution in [3.8, 4) is 17.2 Å². The van der Waals surface area contributed by atoms with Gasteiger partial charge in [0.2, 0.25) is 0 Å². The van der Waals surface area contributed by atoms with Crippen LogP contribution in [0.5, 0.6) is 17.2 Å². The first-order valence-electron chi connectivity index (χ1n) is 10.2. The average molecular weight is 441 g/mol. The Kier molecular flexibility index (Phi) is 7.05. The van der Waals surface area contributed by atoms with Crippen molar-refractivity contribution >= 4 is 17.4 Å². The molecule has 0 saturated carbocycles. The second-order valence-electron chi connectivity index (χ2n) is 7.33. The van der Waals surface area contributed by atoms with Gasteiger partial charge in [-0.25, -0.2) is 0 Å². The number of rotatable bonds is 8. The third kappa shape index (κ3) is 4.27. The van der Waals surface area contributed by atoms with Gasteiger partial charge >= 0.3 is 0 Å². The van der Waals surface area contributed by atoms with Crippen LogP contribution in [0.15, 0.2) is 42.0 Å². The number of ether oxygens (including phenoxy) is 3. The van der Waals surface area contributed by atoms with Crippen molar-refractivity contribution < 1.29 is 34.0 Å². The molecule has 8 nitrogen and oxygen atoms in total. The highest BCUT2D eigenvalue weighted by Gasteiger charge is 2.46. The Hall–Kier alpha value is -3.52. The van der Waals surface area contributed by atoms with E-state index in [0.717, 1.165) is 0 Å². The molecule has 0 spiro atoms. The van der Waals surface area contributed by atoms with Gasteiger partial charge < -0.3 is 29.3 Å². The molecule has 2 aromatic carbocycles. The number of phenolic OH excluding ortho intramolecular Hbond substituents is 1. The second-order valence-corrected chi connectivity index (χ2v) is 7.33. The summed E-state index contributed by atoms with van der Waals surface area (Å²) in [6, 6.07) is 8.79. The van der Waals surface area contributed by atoms with Gasteiger partial charge in [0, 0.05) is 19.2 Å². The van der Waals surface area contributed by atoms with Crippen LogP contribution in [0.3, 0.4) is 0 Å². The number of hydrogen-bond donors (Lipinski definition) is 2. The molecule has 8 heteroatoms. The van der Waals surface area contributed by atoms with Gasteiger partial charge in [-0.2, -0.15) is 0 Å². The Balaban J connectivity index is 2.20. The maximum Gasteiger partial charge on any atom is 0.295 e. The van der Waals surface area contributed by atoms with Crippen LogP contribution in [0.4, 0.5) is 0 Å². The Labute approximate surface area is 186 Å². The molecule has 0 unspecified atom stereocenters. The minimum absolute atomic E-state index is 0.0347. The minimum atomic E-state index is -0.869. The lowest BCUT2D eigenvalue weighted by molar-refractivity contribution is -0.140. The molecule has 0 aromatic heterocycles. The fourth-order valence-corrected chi connectivity index (χ4v) is 3.79. The molecule has 0 radical (unpaired) electrons. The summed E-state index contributed by atoms with van der Waals surface area (Å²) in [6.07, 6.45) is 0. The summed E-state index contributed by atoms with van der Waals surface area (Å²) in [6.45, 7) is 4.24. The third-order valence-electron chi connectivity index (χ3n) is 5.36. The number of amides is 1. The SMILES string of the molecule is CCOc1cc([C@@H]2C(=C(O)c3ccc(OC)cc3C)C(=O)C(=O)N2CCOC)ccc1O. The Morgan fingerprint density at radius 2 is 1.88 bits per heavy atom. The number of aliphatic hydroxyl groups is 1. The van der Waals surface area contributed by atoms with Crippen molar-refractivity contribution in [2.24, 2.45) is 0 Å². The molecule has 2 aromatic rings. The molecule has 1 atom stereocenters. The van der Waals surface area contributed by atoms with Crippen LogP contribution in [0.2, 0.25) is 0 Å². The highest BCUT2D eigenvalue weighted by molar-refractivity contribution is 6.46. The van der Waals surface area contributed by atoms with Crippen LogP contribution in [-0.2, 0) is 14.3 Å². The molecule has 0 bridgehead atoms. The van der Waals surface area contributed by atoms with Crippen molar-refractivity contribution in [3.05, 3.63) is 58.7 Å². The monoisotopic (exact) mass is 441 g/mol. The number of ketones is 1. The Bertz CT molecular complexity index is 1060. The largest absolute Gasteiger partial charge is 0.507 e. The van der Waals surface area contributed by atoms with Gasteiger partial charge in [0.1, 0.15) is 11.5 Å². The predicted octanol–water partition coefficient (Wildman–Crippen LogP) is 3.18. The normalized spacial score (nSPS) is 17.6. The number of phenols is 1. The molecule has 1 saturated heterocycles. The van der Waals surface area contributed by atoms with Gasteiger partial charge in [-0.15, -0.1) is 0 Å². The molecule has 170 valence electrons. The number of methoxy groups -OCH3 is 2. The predicted molar refractivity (Wildman–Crippen MR) is 118 cm³/mol. The van der Waals surface area contributed by atoms with E-state index in [-0.39, 0.29) is 36.0 Å². The number of benzene rings is 2. The topological polar surface area (TPSA) is 106 Å². The first-order valence-corrected chi connectivity index (χ1v) is 10.2. The highest BCUT2D eigenvalue weighted by atomic mass is 16.5. The van der Waals surface area contributed by atoms with Crippen LogP contribution >= 0.6 is 0 Å². The van der Waals surface area contributed by atoms with E-state index < -0.39 is 17.7 Å². The van der Waals surface area contributed by atoms with Gasteiger partial charge in [-0.1, -0.05) is 6.07 Å². The van der Waals surface area contributed by atoms with Gasteiger partial charge in [-0.05, 0) is 55.3 Å². The highest BCUT2D eigenvalue weighted by Crippen LogP contribution is 2.42. The molecule has 32 heavy (non-hydrogen) atoms. The van der Waals surface area contributed by atoms with E-state index >= 15 is 0 Å². The number of carbonyl (C=O) groups is 2. The molecule has 0 aliphatic carbocycles. The van der Waals surface area contributed by atoms with E-state index in [1.165, 1.54) is 25.2 Å². The lowest BCUT2D eigenvalue weighted by Gasteiger charge is -2.25. The van der Waals surface area contributed by atoms with Crippen LogP contribution in [0, 0.1) is 6.92 Å². The smallest absolute Gasteiger partial charge is 0.295 e. The van der Waals surface area contributed by atoms with Crippen LogP contribution < -0.4 is 9.47 Å². The summed E-state index contributed by atoms with van der Waals surface area (Å²) < 4.78 is 15.8. The van der Waals surface area contributed by atoms with Crippen molar-refractivity contribution in [1.29, 1.82) is 0 Å². The van der Waals surface area contributed by atoms with Crippen LogP contribution in [0.1, 0.15) is 29.7 Å². The quantitative estimate of drug-likeness (QED) is 0.368. The molecule has 1 aliphatic rings. The third-order valence-corrected chi connectivity index (χ3v) is 5.36. The lowest BCUT2D eigenvalue weighted by Crippen LogP contribution is -2.32. The number of hydrogen-bond acceptors (Lipinski definition) is 7. The first kappa shape index (κ1) is 23.1. The number of aromatic hydroxyl groups is 1. The zero-order valence-corrected chi connectivity index (χ0v) is 18.5. The number of nitrogens with zero attached hydrogens (tertiary/aromatic N) is 1. The number of Topliss-reactive ketones (excluding diaryl/α,β-unsaturated/α-hetero) is 1. The zero-order valence-electron chi connectivity index (χ0n) is 18.5. The Morgan fingerprint density at radius 1 is 1.12 bits per heavy atom. The van der Waals surface area contributed by atoms with Gasteiger partial charge in [-0.3, -0.25) is 9.59 Å². The van der Waals surface area contributed by atoms with Gasteiger partial charge in [0.25, 0.3) is 11.7 Å².